The summed E-state index contributed by atoms with van der Waals surface area (Å²) in [5.74, 6) is -0.352. The Bertz CT molecular complexity index is 370. The monoisotopic (exact) mass is 362 g/mol. The molecule has 0 radical (unpaired) electrons. The molecule has 23 heavy (non-hydrogen) atoms. The molecular weight excluding hydrogens is 325 g/mol. The van der Waals surface area contributed by atoms with Crippen LogP contribution in [0.5, 0.6) is 0 Å². The van der Waals surface area contributed by atoms with Crippen LogP contribution in [0.3, 0.4) is 0 Å². The van der Waals surface area contributed by atoms with Crippen LogP contribution in [-0.4, -0.2) is 52.5 Å². The van der Waals surface area contributed by atoms with E-state index in [4.69, 9.17) is 4.55 Å². The first-order valence-electron chi connectivity index (χ1n) is 9.00. The molecule has 4 nitrogen and oxygen atoms in total. The minimum Gasteiger partial charge on any atom is -1.00 e. The summed E-state index contributed by atoms with van der Waals surface area (Å²) in [7, 11) is -3.98. The van der Waals surface area contributed by atoms with Crippen LogP contribution >= 0.6 is 0 Å². The van der Waals surface area contributed by atoms with Crippen molar-refractivity contribution in [3.63, 3.8) is 0 Å². The summed E-state index contributed by atoms with van der Waals surface area (Å²) in [5, 5.41) is 10.3. The zero-order valence-corrected chi connectivity index (χ0v) is 17.5. The Balaban J connectivity index is -0.000000735. The van der Waals surface area contributed by atoms with E-state index in [0.717, 1.165) is 12.8 Å². The minimum absolute atomic E-state index is 0. The molecule has 0 spiro atoms. The molecule has 0 rings (SSSR count). The van der Waals surface area contributed by atoms with Crippen LogP contribution < -0.4 is 0 Å². The predicted octanol–water partition coefficient (Wildman–Crippen LogP) is 4.56. The second kappa shape index (κ2) is 14.9. The molecule has 138 valence electrons. The predicted molar refractivity (Wildman–Crippen MR) is 101 cm³/mol. The minimum atomic E-state index is -3.98. The van der Waals surface area contributed by atoms with Gasteiger partial charge in [0.15, 0.2) is 0 Å². The third-order valence-electron chi connectivity index (χ3n) is 4.48. The van der Waals surface area contributed by atoms with Gasteiger partial charge < -0.3 is 7.96 Å². The van der Waals surface area contributed by atoms with Crippen molar-refractivity contribution in [3.8, 4) is 0 Å². The Kier molecular flexibility index (Phi) is 16.8. The Morgan fingerprint density at radius 2 is 1.26 bits per heavy atom. The molecule has 1 unspecified atom stereocenters. The third-order valence-corrected chi connectivity index (χ3v) is 5.20. The van der Waals surface area contributed by atoms with E-state index in [9.17, 15) is 13.5 Å². The van der Waals surface area contributed by atoms with Gasteiger partial charge >= 0.3 is 23.1 Å². The molecule has 0 bridgehead atoms. The van der Waals surface area contributed by atoms with E-state index in [1.165, 1.54) is 51.4 Å². The standard InChI is InChI=1S/C17H36O4S.Mg.2H/c1-3-5-6-7-8-9-10-11-12-13-14-17(18,4-2)15-16-22(19,20)21;;;/h18H,3-16H2,1-2H3,(H,19,20,21);;;/q;+2;2*-1. The summed E-state index contributed by atoms with van der Waals surface area (Å²) < 4.78 is 30.3. The van der Waals surface area contributed by atoms with E-state index in [2.05, 4.69) is 6.92 Å². The molecule has 0 aliphatic carbocycles. The van der Waals surface area contributed by atoms with Gasteiger partial charge in [-0.3, -0.25) is 4.55 Å². The van der Waals surface area contributed by atoms with Crippen LogP contribution in [0.15, 0.2) is 0 Å². The fourth-order valence-corrected chi connectivity index (χ4v) is 3.38. The van der Waals surface area contributed by atoms with E-state index in [1.807, 2.05) is 6.92 Å². The Morgan fingerprint density at radius 1 is 0.826 bits per heavy atom. The van der Waals surface area contributed by atoms with E-state index < -0.39 is 15.7 Å². The normalized spacial score (nSPS) is 14.3. The molecule has 0 amide bonds. The zero-order chi connectivity index (χ0) is 16.9. The van der Waals surface area contributed by atoms with Crippen LogP contribution in [0.1, 0.15) is 100 Å². The average molecular weight is 363 g/mol. The summed E-state index contributed by atoms with van der Waals surface area (Å²) in [6, 6.07) is 0. The van der Waals surface area contributed by atoms with E-state index in [1.54, 1.807) is 0 Å². The average Bonchev–Trinajstić information content (AvgIpc) is 2.46. The van der Waals surface area contributed by atoms with Crippen molar-refractivity contribution in [1.29, 1.82) is 0 Å². The Hall–Kier alpha value is 0.636. The van der Waals surface area contributed by atoms with Crippen molar-refractivity contribution < 1.29 is 20.9 Å². The van der Waals surface area contributed by atoms with Crippen LogP contribution in [0.4, 0.5) is 0 Å². The number of hydrogen-bond donors (Lipinski definition) is 2. The summed E-state index contributed by atoms with van der Waals surface area (Å²) in [4.78, 5) is 0. The fourth-order valence-electron chi connectivity index (χ4n) is 2.74. The van der Waals surface area contributed by atoms with Gasteiger partial charge in [0, 0.05) is 0 Å². The molecule has 6 heteroatoms. The van der Waals surface area contributed by atoms with Crippen molar-refractivity contribution in [1.82, 2.24) is 0 Å². The van der Waals surface area contributed by atoms with Gasteiger partial charge in [-0.1, -0.05) is 78.1 Å². The maximum atomic E-state index is 10.8. The molecule has 1 atom stereocenters. The van der Waals surface area contributed by atoms with Crippen LogP contribution in [0.2, 0.25) is 0 Å². The quantitative estimate of drug-likeness (QED) is 0.254. The van der Waals surface area contributed by atoms with Gasteiger partial charge in [0.05, 0.1) is 11.4 Å². The van der Waals surface area contributed by atoms with Crippen molar-refractivity contribution in [2.45, 2.75) is 103 Å². The molecule has 0 aliphatic heterocycles. The molecular formula is C17H38MgO4S. The second-order valence-electron chi connectivity index (χ2n) is 6.55. The van der Waals surface area contributed by atoms with Crippen molar-refractivity contribution in [2.75, 3.05) is 5.75 Å². The number of hydrogen-bond acceptors (Lipinski definition) is 3. The van der Waals surface area contributed by atoms with Crippen LogP contribution in [0.25, 0.3) is 0 Å². The van der Waals surface area contributed by atoms with E-state index in [0.29, 0.717) is 12.8 Å². The van der Waals surface area contributed by atoms with Gasteiger partial charge in [-0.2, -0.15) is 8.42 Å². The van der Waals surface area contributed by atoms with Gasteiger partial charge in [0.25, 0.3) is 10.1 Å². The second-order valence-corrected chi connectivity index (χ2v) is 8.12. The first-order chi connectivity index (χ1) is 10.3. The summed E-state index contributed by atoms with van der Waals surface area (Å²) in [5.41, 5.74) is -0.948. The molecule has 2 N–H and O–H groups in total. The molecule has 0 aromatic heterocycles. The molecule has 0 fully saturated rings. The van der Waals surface area contributed by atoms with Gasteiger partial charge in [-0.05, 0) is 19.3 Å². The van der Waals surface area contributed by atoms with Gasteiger partial charge in [-0.15, -0.1) is 0 Å². The van der Waals surface area contributed by atoms with Gasteiger partial charge in [0.2, 0.25) is 0 Å². The van der Waals surface area contributed by atoms with Crippen molar-refractivity contribution in [3.05, 3.63) is 0 Å². The molecule has 0 heterocycles. The molecule has 0 aliphatic rings. The Labute approximate surface area is 162 Å². The van der Waals surface area contributed by atoms with Crippen LogP contribution in [-0.2, 0) is 10.1 Å². The van der Waals surface area contributed by atoms with Gasteiger partial charge in [0.1, 0.15) is 0 Å². The first kappa shape index (κ1) is 25.9. The zero-order valence-electron chi connectivity index (χ0n) is 17.2. The first-order valence-corrected chi connectivity index (χ1v) is 10.6. The molecule has 0 saturated carbocycles. The van der Waals surface area contributed by atoms with E-state index >= 15 is 0 Å². The molecule has 0 aromatic carbocycles. The summed E-state index contributed by atoms with van der Waals surface area (Å²) in [6.07, 6.45) is 13.7. The number of unbranched alkanes of at least 4 members (excludes halogenated alkanes) is 9. The number of aliphatic hydroxyl groups is 1. The maximum Gasteiger partial charge on any atom is 2.00 e. The largest absolute Gasteiger partial charge is 2.00 e. The third kappa shape index (κ3) is 17.3. The van der Waals surface area contributed by atoms with Crippen molar-refractivity contribution >= 4 is 33.2 Å². The molecule has 0 aromatic rings. The van der Waals surface area contributed by atoms with E-state index in [-0.39, 0.29) is 38.1 Å². The Morgan fingerprint density at radius 3 is 1.65 bits per heavy atom. The summed E-state index contributed by atoms with van der Waals surface area (Å²) >= 11 is 0. The fraction of sp³-hybridized carbons (Fsp3) is 1.00. The topological polar surface area (TPSA) is 74.6 Å². The van der Waals surface area contributed by atoms with Crippen LogP contribution in [0, 0.1) is 0 Å². The van der Waals surface area contributed by atoms with Crippen molar-refractivity contribution in [2.24, 2.45) is 0 Å². The maximum absolute atomic E-state index is 10.8. The smallest absolute Gasteiger partial charge is 1.00 e. The number of rotatable bonds is 15. The SMILES string of the molecule is CCCCCCCCCCCCC(O)(CC)CCS(=O)(=O)O.[H-].[H-].[Mg+2]. The summed E-state index contributed by atoms with van der Waals surface area (Å²) in [6.45, 7) is 4.09. The van der Waals surface area contributed by atoms with Gasteiger partial charge in [-0.25, -0.2) is 0 Å². The molecule has 0 saturated heterocycles.